The summed E-state index contributed by atoms with van der Waals surface area (Å²) in [4.78, 5) is 16.4. The van der Waals surface area contributed by atoms with Crippen molar-refractivity contribution in [3.8, 4) is 11.5 Å². The van der Waals surface area contributed by atoms with Gasteiger partial charge in [-0.05, 0) is 25.1 Å². The van der Waals surface area contributed by atoms with Gasteiger partial charge in [0.05, 0.1) is 5.56 Å². The zero-order chi connectivity index (χ0) is 14.1. The van der Waals surface area contributed by atoms with E-state index >= 15 is 0 Å². The highest BCUT2D eigenvalue weighted by Crippen LogP contribution is 2.36. The lowest BCUT2D eigenvalue weighted by Crippen LogP contribution is -2.15. The van der Waals surface area contributed by atoms with E-state index in [9.17, 15) is 4.79 Å². The van der Waals surface area contributed by atoms with Gasteiger partial charge in [-0.25, -0.2) is 4.98 Å². The molecule has 6 nitrogen and oxygen atoms in total. The largest absolute Gasteiger partial charge is 0.454 e. The first-order chi connectivity index (χ1) is 9.63. The van der Waals surface area contributed by atoms with Crippen molar-refractivity contribution in [2.75, 3.05) is 17.8 Å². The normalized spacial score (nSPS) is 12.2. The summed E-state index contributed by atoms with van der Waals surface area (Å²) in [5.41, 5.74) is 7.35. The van der Waals surface area contributed by atoms with Gasteiger partial charge in [0.25, 0.3) is 5.91 Å². The first-order valence-corrected chi connectivity index (χ1v) is 6.07. The van der Waals surface area contributed by atoms with E-state index in [1.165, 1.54) is 0 Å². The molecular formula is C14H13N3O3. The number of hydrogen-bond donors (Lipinski definition) is 2. The summed E-state index contributed by atoms with van der Waals surface area (Å²) >= 11 is 0. The third-order valence-electron chi connectivity index (χ3n) is 2.92. The molecule has 2 heterocycles. The number of aromatic nitrogens is 1. The fourth-order valence-corrected chi connectivity index (χ4v) is 1.95. The fraction of sp³-hybridized carbons (Fsp3) is 0.143. The quantitative estimate of drug-likeness (QED) is 0.815. The van der Waals surface area contributed by atoms with E-state index < -0.39 is 0 Å². The number of carbonyl (C=O) groups excluding carboxylic acids is 1. The summed E-state index contributed by atoms with van der Waals surface area (Å²) in [5.74, 6) is 1.21. The molecular weight excluding hydrogens is 258 g/mol. The van der Waals surface area contributed by atoms with Crippen LogP contribution in [0.15, 0.2) is 30.3 Å². The third kappa shape index (κ3) is 2.23. The van der Waals surface area contributed by atoms with E-state index in [4.69, 9.17) is 15.2 Å². The Morgan fingerprint density at radius 2 is 2.05 bits per heavy atom. The van der Waals surface area contributed by atoms with Crippen LogP contribution >= 0.6 is 0 Å². The standard InChI is InChI=1S/C14H13N3O3/c1-8-3-2-4-13(16-8)17-14(18)9-5-11-12(6-10(9)15)20-7-19-11/h2-6H,7,15H2,1H3,(H,16,17,18). The van der Waals surface area contributed by atoms with Crippen LogP contribution in [0.2, 0.25) is 0 Å². The first kappa shape index (κ1) is 12.3. The molecule has 3 N–H and O–H groups in total. The smallest absolute Gasteiger partial charge is 0.259 e. The number of aryl methyl sites for hydroxylation is 1. The maximum atomic E-state index is 12.2. The van der Waals surface area contributed by atoms with Crippen LogP contribution in [0.1, 0.15) is 16.1 Å². The second-order valence-corrected chi connectivity index (χ2v) is 4.41. The van der Waals surface area contributed by atoms with Gasteiger partial charge in [-0.3, -0.25) is 4.79 Å². The van der Waals surface area contributed by atoms with E-state index in [1.54, 1.807) is 18.2 Å². The zero-order valence-electron chi connectivity index (χ0n) is 10.8. The molecule has 0 fully saturated rings. The van der Waals surface area contributed by atoms with Crippen molar-refractivity contribution in [1.82, 2.24) is 4.98 Å². The molecule has 0 unspecified atom stereocenters. The van der Waals surface area contributed by atoms with Gasteiger partial charge < -0.3 is 20.5 Å². The molecule has 102 valence electrons. The lowest BCUT2D eigenvalue weighted by atomic mass is 10.1. The summed E-state index contributed by atoms with van der Waals surface area (Å²) in [6.07, 6.45) is 0. The highest BCUT2D eigenvalue weighted by molar-refractivity contribution is 6.07. The van der Waals surface area contributed by atoms with Gasteiger partial charge in [0.1, 0.15) is 5.82 Å². The molecule has 1 amide bonds. The summed E-state index contributed by atoms with van der Waals surface area (Å²) in [5, 5.41) is 2.70. The van der Waals surface area contributed by atoms with Gasteiger partial charge in [-0.15, -0.1) is 0 Å². The van der Waals surface area contributed by atoms with Gasteiger partial charge in [-0.1, -0.05) is 6.07 Å². The number of nitrogen functional groups attached to an aromatic ring is 1. The maximum Gasteiger partial charge on any atom is 0.259 e. The molecule has 1 aliphatic heterocycles. The second-order valence-electron chi connectivity index (χ2n) is 4.41. The molecule has 0 radical (unpaired) electrons. The van der Waals surface area contributed by atoms with E-state index in [1.807, 2.05) is 19.1 Å². The molecule has 1 aromatic carbocycles. The minimum atomic E-state index is -0.334. The molecule has 0 saturated heterocycles. The number of fused-ring (bicyclic) bond motifs is 1. The number of benzene rings is 1. The van der Waals surface area contributed by atoms with E-state index in [2.05, 4.69) is 10.3 Å². The predicted octanol–water partition coefficient (Wildman–Crippen LogP) is 1.95. The molecule has 1 aliphatic rings. The van der Waals surface area contributed by atoms with Crippen LogP contribution in [0, 0.1) is 6.92 Å². The Morgan fingerprint density at radius 3 is 2.80 bits per heavy atom. The number of hydrogen-bond acceptors (Lipinski definition) is 5. The number of nitrogens with one attached hydrogen (secondary N) is 1. The van der Waals surface area contributed by atoms with Crippen LogP contribution in [0.25, 0.3) is 0 Å². The lowest BCUT2D eigenvalue weighted by Gasteiger charge is -2.08. The monoisotopic (exact) mass is 271 g/mol. The Balaban J connectivity index is 1.87. The molecule has 3 rings (SSSR count). The SMILES string of the molecule is Cc1cccc(NC(=O)c2cc3c(cc2N)OCO3)n1. The van der Waals surface area contributed by atoms with Gasteiger partial charge in [0, 0.05) is 17.4 Å². The molecule has 0 saturated carbocycles. The van der Waals surface area contributed by atoms with Crippen molar-refractivity contribution < 1.29 is 14.3 Å². The number of carbonyl (C=O) groups is 1. The number of rotatable bonds is 2. The van der Waals surface area contributed by atoms with Crippen molar-refractivity contribution >= 4 is 17.4 Å². The van der Waals surface area contributed by atoms with Crippen LogP contribution in [0.4, 0.5) is 11.5 Å². The van der Waals surface area contributed by atoms with Crippen molar-refractivity contribution in [2.45, 2.75) is 6.92 Å². The number of nitrogens with zero attached hydrogens (tertiary/aromatic N) is 1. The molecule has 6 heteroatoms. The van der Waals surface area contributed by atoms with E-state index in [0.29, 0.717) is 28.6 Å². The van der Waals surface area contributed by atoms with Crippen molar-refractivity contribution in [3.05, 3.63) is 41.6 Å². The van der Waals surface area contributed by atoms with Crippen LogP contribution < -0.4 is 20.5 Å². The fourth-order valence-electron chi connectivity index (χ4n) is 1.95. The Bertz CT molecular complexity index is 685. The van der Waals surface area contributed by atoms with Gasteiger partial charge in [-0.2, -0.15) is 0 Å². The summed E-state index contributed by atoms with van der Waals surface area (Å²) in [6.45, 7) is 1.99. The minimum absolute atomic E-state index is 0.138. The van der Waals surface area contributed by atoms with Gasteiger partial charge >= 0.3 is 0 Å². The van der Waals surface area contributed by atoms with Crippen molar-refractivity contribution in [2.24, 2.45) is 0 Å². The van der Waals surface area contributed by atoms with E-state index in [-0.39, 0.29) is 12.7 Å². The van der Waals surface area contributed by atoms with Crippen molar-refractivity contribution in [3.63, 3.8) is 0 Å². The Hall–Kier alpha value is -2.76. The average molecular weight is 271 g/mol. The molecule has 0 aliphatic carbocycles. The van der Waals surface area contributed by atoms with Crippen LogP contribution in [-0.4, -0.2) is 17.7 Å². The molecule has 20 heavy (non-hydrogen) atoms. The number of amides is 1. The third-order valence-corrected chi connectivity index (χ3v) is 2.92. The minimum Gasteiger partial charge on any atom is -0.454 e. The molecule has 2 aromatic rings. The zero-order valence-corrected chi connectivity index (χ0v) is 10.8. The molecule has 0 atom stereocenters. The maximum absolute atomic E-state index is 12.2. The topological polar surface area (TPSA) is 86.5 Å². The second kappa shape index (κ2) is 4.73. The predicted molar refractivity (Wildman–Crippen MR) is 73.9 cm³/mol. The van der Waals surface area contributed by atoms with Gasteiger partial charge in [0.2, 0.25) is 6.79 Å². The van der Waals surface area contributed by atoms with Gasteiger partial charge in [0.15, 0.2) is 11.5 Å². The Kier molecular flexibility index (Phi) is 2.90. The van der Waals surface area contributed by atoms with Crippen LogP contribution in [-0.2, 0) is 0 Å². The molecule has 0 spiro atoms. The number of ether oxygens (including phenoxy) is 2. The average Bonchev–Trinajstić information content (AvgIpc) is 2.84. The summed E-state index contributed by atoms with van der Waals surface area (Å²) in [6, 6.07) is 8.54. The Morgan fingerprint density at radius 1 is 1.30 bits per heavy atom. The molecule has 1 aromatic heterocycles. The lowest BCUT2D eigenvalue weighted by molar-refractivity contribution is 0.102. The van der Waals surface area contributed by atoms with E-state index in [0.717, 1.165) is 5.69 Å². The highest BCUT2D eigenvalue weighted by atomic mass is 16.7. The number of nitrogens with two attached hydrogens (primary N) is 1. The van der Waals surface area contributed by atoms with Crippen LogP contribution in [0.3, 0.4) is 0 Å². The number of pyridine rings is 1. The first-order valence-electron chi connectivity index (χ1n) is 6.07. The van der Waals surface area contributed by atoms with Crippen molar-refractivity contribution in [1.29, 1.82) is 0 Å². The molecule has 0 bridgehead atoms. The van der Waals surface area contributed by atoms with Crippen LogP contribution in [0.5, 0.6) is 11.5 Å². The number of anilines is 2. The Labute approximate surface area is 115 Å². The summed E-state index contributed by atoms with van der Waals surface area (Å²) in [7, 11) is 0. The highest BCUT2D eigenvalue weighted by Gasteiger charge is 2.19. The summed E-state index contributed by atoms with van der Waals surface area (Å²) < 4.78 is 10.4.